The van der Waals surface area contributed by atoms with Gasteiger partial charge in [-0.25, -0.2) is 0 Å². The molecule has 2 aromatic carbocycles. The highest BCUT2D eigenvalue weighted by molar-refractivity contribution is 7.12. The van der Waals surface area contributed by atoms with E-state index in [9.17, 15) is 13.6 Å². The summed E-state index contributed by atoms with van der Waals surface area (Å²) < 4.78 is 35.5. The van der Waals surface area contributed by atoms with Crippen LogP contribution in [0.2, 0.25) is 0 Å². The molecular formula is C22H21F2NO3S. The normalized spacial score (nSPS) is 10.8. The minimum Gasteiger partial charge on any atom is -0.489 e. The van der Waals surface area contributed by atoms with E-state index in [0.29, 0.717) is 11.5 Å². The maximum Gasteiger partial charge on any atom is 0.387 e. The third-order valence-corrected chi connectivity index (χ3v) is 5.34. The van der Waals surface area contributed by atoms with Crippen LogP contribution in [0.1, 0.15) is 31.9 Å². The van der Waals surface area contributed by atoms with Gasteiger partial charge in [-0.1, -0.05) is 12.1 Å². The smallest absolute Gasteiger partial charge is 0.387 e. The van der Waals surface area contributed by atoms with Crippen molar-refractivity contribution in [3.63, 3.8) is 0 Å². The predicted molar refractivity (Wildman–Crippen MR) is 110 cm³/mol. The van der Waals surface area contributed by atoms with Crippen LogP contribution in [0, 0.1) is 20.8 Å². The van der Waals surface area contributed by atoms with Crippen LogP contribution in [-0.2, 0) is 6.61 Å². The summed E-state index contributed by atoms with van der Waals surface area (Å²) in [5.74, 6) is 0.296. The summed E-state index contributed by atoms with van der Waals surface area (Å²) in [5.41, 5.74) is 4.21. The largest absolute Gasteiger partial charge is 0.489 e. The lowest BCUT2D eigenvalue weighted by molar-refractivity contribution is -0.0493. The van der Waals surface area contributed by atoms with E-state index in [2.05, 4.69) is 10.1 Å². The summed E-state index contributed by atoms with van der Waals surface area (Å²) in [6, 6.07) is 12.2. The van der Waals surface area contributed by atoms with Crippen molar-refractivity contribution in [1.82, 2.24) is 0 Å². The van der Waals surface area contributed by atoms with E-state index in [1.165, 1.54) is 23.0 Å². The van der Waals surface area contributed by atoms with E-state index in [0.717, 1.165) is 22.4 Å². The van der Waals surface area contributed by atoms with Gasteiger partial charge in [0.25, 0.3) is 5.91 Å². The Balaban J connectivity index is 1.66. The number of ether oxygens (including phenoxy) is 2. The average molecular weight is 417 g/mol. The summed E-state index contributed by atoms with van der Waals surface area (Å²) in [6.07, 6.45) is 0. The molecule has 3 aromatic rings. The SMILES string of the molecule is Cc1ccc(OC(F)F)c(NC(=O)c2cc(COc3ccc(C)c(C)c3)cs2)c1. The van der Waals surface area contributed by atoms with Crippen molar-refractivity contribution in [2.24, 2.45) is 0 Å². The van der Waals surface area contributed by atoms with Gasteiger partial charge in [0.05, 0.1) is 10.6 Å². The number of benzene rings is 2. The Labute approximate surface area is 172 Å². The maximum absolute atomic E-state index is 12.6. The fourth-order valence-electron chi connectivity index (χ4n) is 2.66. The number of carbonyl (C=O) groups is 1. The predicted octanol–water partition coefficient (Wildman–Crippen LogP) is 6.11. The number of hydrogen-bond acceptors (Lipinski definition) is 4. The number of amides is 1. The topological polar surface area (TPSA) is 47.6 Å². The number of aryl methyl sites for hydroxylation is 3. The van der Waals surface area contributed by atoms with Gasteiger partial charge in [-0.05, 0) is 73.2 Å². The molecule has 29 heavy (non-hydrogen) atoms. The van der Waals surface area contributed by atoms with Crippen LogP contribution in [0.25, 0.3) is 0 Å². The Kier molecular flexibility index (Phi) is 6.49. The van der Waals surface area contributed by atoms with Crippen LogP contribution < -0.4 is 14.8 Å². The molecule has 152 valence electrons. The summed E-state index contributed by atoms with van der Waals surface area (Å²) >= 11 is 1.26. The van der Waals surface area contributed by atoms with E-state index < -0.39 is 12.5 Å². The zero-order valence-corrected chi connectivity index (χ0v) is 17.1. The number of halogens is 2. The Bertz CT molecular complexity index is 1020. The lowest BCUT2D eigenvalue weighted by Gasteiger charge is -2.12. The molecule has 0 saturated heterocycles. The minimum absolute atomic E-state index is 0.0752. The lowest BCUT2D eigenvalue weighted by atomic mass is 10.1. The van der Waals surface area contributed by atoms with Gasteiger partial charge in [-0.15, -0.1) is 11.3 Å². The molecule has 1 heterocycles. The molecule has 0 saturated carbocycles. The molecule has 1 aromatic heterocycles. The summed E-state index contributed by atoms with van der Waals surface area (Å²) in [4.78, 5) is 13.0. The van der Waals surface area contributed by atoms with Crippen LogP contribution in [0.5, 0.6) is 11.5 Å². The molecule has 1 amide bonds. The second-order valence-electron chi connectivity index (χ2n) is 6.69. The van der Waals surface area contributed by atoms with Gasteiger partial charge in [-0.3, -0.25) is 4.79 Å². The van der Waals surface area contributed by atoms with Crippen LogP contribution >= 0.6 is 11.3 Å². The van der Waals surface area contributed by atoms with Crippen molar-refractivity contribution in [3.05, 3.63) is 75.0 Å². The van der Waals surface area contributed by atoms with Crippen molar-refractivity contribution in [2.75, 3.05) is 5.32 Å². The standard InChI is InChI=1S/C22H21F2NO3S/c1-13-4-7-19(28-22(23)24)18(8-13)25-21(26)20-10-16(12-29-20)11-27-17-6-5-14(2)15(3)9-17/h4-10,12,22H,11H2,1-3H3,(H,25,26). The molecule has 1 N–H and O–H groups in total. The van der Waals surface area contributed by atoms with Gasteiger partial charge in [-0.2, -0.15) is 8.78 Å². The molecule has 7 heteroatoms. The number of rotatable bonds is 7. The third kappa shape index (κ3) is 5.54. The highest BCUT2D eigenvalue weighted by atomic mass is 32.1. The lowest BCUT2D eigenvalue weighted by Crippen LogP contribution is -2.13. The van der Waals surface area contributed by atoms with E-state index >= 15 is 0 Å². The second-order valence-corrected chi connectivity index (χ2v) is 7.60. The van der Waals surface area contributed by atoms with Crippen LogP contribution in [0.3, 0.4) is 0 Å². The van der Waals surface area contributed by atoms with Gasteiger partial charge in [0.2, 0.25) is 0 Å². The van der Waals surface area contributed by atoms with Crippen molar-refractivity contribution >= 4 is 22.9 Å². The summed E-state index contributed by atoms with van der Waals surface area (Å²) in [7, 11) is 0. The minimum atomic E-state index is -2.97. The van der Waals surface area contributed by atoms with Gasteiger partial charge in [0.1, 0.15) is 18.1 Å². The molecule has 0 aliphatic carbocycles. The molecule has 4 nitrogen and oxygen atoms in total. The molecule has 0 atom stereocenters. The van der Waals surface area contributed by atoms with Gasteiger partial charge in [0, 0.05) is 5.56 Å². The Morgan fingerprint density at radius 3 is 2.59 bits per heavy atom. The number of anilines is 1. The molecule has 0 fully saturated rings. The second kappa shape index (κ2) is 9.05. The van der Waals surface area contributed by atoms with E-state index in [-0.39, 0.29) is 11.4 Å². The highest BCUT2D eigenvalue weighted by Crippen LogP contribution is 2.28. The molecule has 0 radical (unpaired) electrons. The van der Waals surface area contributed by atoms with Crippen LogP contribution in [0.15, 0.2) is 47.8 Å². The average Bonchev–Trinajstić information content (AvgIpc) is 3.14. The fourth-order valence-corrected chi connectivity index (χ4v) is 3.46. The Hall–Kier alpha value is -2.93. The van der Waals surface area contributed by atoms with E-state index in [1.54, 1.807) is 25.1 Å². The third-order valence-electron chi connectivity index (χ3n) is 4.36. The van der Waals surface area contributed by atoms with Crippen molar-refractivity contribution < 1.29 is 23.0 Å². The quantitative estimate of drug-likeness (QED) is 0.505. The van der Waals surface area contributed by atoms with Crippen molar-refractivity contribution in [2.45, 2.75) is 34.0 Å². The zero-order valence-electron chi connectivity index (χ0n) is 16.3. The number of carbonyl (C=O) groups excluding carboxylic acids is 1. The zero-order chi connectivity index (χ0) is 21.0. The first-order valence-electron chi connectivity index (χ1n) is 8.96. The number of hydrogen-bond donors (Lipinski definition) is 1. The fraction of sp³-hybridized carbons (Fsp3) is 0.227. The van der Waals surface area contributed by atoms with Gasteiger partial charge in [0.15, 0.2) is 0 Å². The Morgan fingerprint density at radius 1 is 1.07 bits per heavy atom. The van der Waals surface area contributed by atoms with Crippen molar-refractivity contribution in [3.8, 4) is 11.5 Å². The molecule has 0 spiro atoms. The van der Waals surface area contributed by atoms with E-state index in [1.807, 2.05) is 37.4 Å². The van der Waals surface area contributed by atoms with Crippen LogP contribution in [-0.4, -0.2) is 12.5 Å². The summed E-state index contributed by atoms with van der Waals surface area (Å²) in [6.45, 7) is 3.22. The van der Waals surface area contributed by atoms with E-state index in [4.69, 9.17) is 4.74 Å². The maximum atomic E-state index is 12.6. The molecule has 0 bridgehead atoms. The molecule has 0 unspecified atom stereocenters. The first kappa shape index (κ1) is 20.8. The molecular weight excluding hydrogens is 396 g/mol. The first-order chi connectivity index (χ1) is 13.8. The number of nitrogens with one attached hydrogen (secondary N) is 1. The Morgan fingerprint density at radius 2 is 1.86 bits per heavy atom. The molecule has 0 aliphatic rings. The van der Waals surface area contributed by atoms with Gasteiger partial charge < -0.3 is 14.8 Å². The molecule has 0 aliphatic heterocycles. The first-order valence-corrected chi connectivity index (χ1v) is 9.84. The number of alkyl halides is 2. The molecule has 3 rings (SSSR count). The monoisotopic (exact) mass is 417 g/mol. The summed E-state index contributed by atoms with van der Waals surface area (Å²) in [5, 5.41) is 4.48. The van der Waals surface area contributed by atoms with Crippen molar-refractivity contribution in [1.29, 1.82) is 0 Å². The highest BCUT2D eigenvalue weighted by Gasteiger charge is 2.15. The van der Waals surface area contributed by atoms with Gasteiger partial charge >= 0.3 is 6.61 Å². The number of thiophene rings is 1. The van der Waals surface area contributed by atoms with Crippen LogP contribution in [0.4, 0.5) is 14.5 Å².